The maximum Gasteiger partial charge on any atom is 0.123 e. The molecule has 100 valence electrons. The van der Waals surface area contributed by atoms with Crippen LogP contribution in [-0.2, 0) is 0 Å². The molecule has 3 nitrogen and oxygen atoms in total. The number of hydrogen-bond donors (Lipinski definition) is 1. The van der Waals surface area contributed by atoms with Gasteiger partial charge in [0.15, 0.2) is 0 Å². The van der Waals surface area contributed by atoms with Gasteiger partial charge in [0, 0.05) is 12.1 Å². The molecule has 0 aliphatic carbocycles. The average molecular weight is 249 g/mol. The topological polar surface area (TPSA) is 30.5 Å². The van der Waals surface area contributed by atoms with E-state index in [1.807, 2.05) is 18.2 Å². The lowest BCUT2D eigenvalue weighted by Crippen LogP contribution is -2.24. The van der Waals surface area contributed by atoms with Gasteiger partial charge in [0.1, 0.15) is 11.5 Å². The van der Waals surface area contributed by atoms with Crippen LogP contribution in [0.3, 0.4) is 0 Å². The highest BCUT2D eigenvalue weighted by molar-refractivity contribution is 5.55. The van der Waals surface area contributed by atoms with Crippen molar-refractivity contribution in [2.75, 3.05) is 20.8 Å². The second-order valence-corrected chi connectivity index (χ2v) is 4.25. The molecular formula is C15H23NO2. The van der Waals surface area contributed by atoms with Gasteiger partial charge in [-0.15, -0.1) is 0 Å². The highest BCUT2D eigenvalue weighted by Gasteiger charge is 2.00. The van der Waals surface area contributed by atoms with E-state index in [0.717, 1.165) is 30.0 Å². The van der Waals surface area contributed by atoms with Gasteiger partial charge in [0.05, 0.1) is 14.2 Å². The Morgan fingerprint density at radius 3 is 2.28 bits per heavy atom. The molecule has 1 aromatic carbocycles. The molecule has 0 saturated heterocycles. The number of rotatable bonds is 7. The number of hydrogen-bond acceptors (Lipinski definition) is 3. The first-order chi connectivity index (χ1) is 8.69. The summed E-state index contributed by atoms with van der Waals surface area (Å²) < 4.78 is 10.5. The molecule has 0 amide bonds. The van der Waals surface area contributed by atoms with E-state index >= 15 is 0 Å². The number of methoxy groups -OCH3 is 2. The average Bonchev–Trinajstić information content (AvgIpc) is 2.42. The van der Waals surface area contributed by atoms with Crippen LogP contribution in [0.25, 0.3) is 6.08 Å². The molecule has 0 bridgehead atoms. The largest absolute Gasteiger partial charge is 0.497 e. The van der Waals surface area contributed by atoms with E-state index in [2.05, 4.69) is 31.3 Å². The van der Waals surface area contributed by atoms with E-state index in [-0.39, 0.29) is 0 Å². The molecule has 0 spiro atoms. The quantitative estimate of drug-likeness (QED) is 0.805. The summed E-state index contributed by atoms with van der Waals surface area (Å²) in [5.74, 6) is 1.62. The Bertz CT molecular complexity index is 366. The Balaban J connectivity index is 2.73. The summed E-state index contributed by atoms with van der Waals surface area (Å²) in [6.07, 6.45) is 5.37. The van der Waals surface area contributed by atoms with Crippen LogP contribution in [0, 0.1) is 0 Å². The summed E-state index contributed by atoms with van der Waals surface area (Å²) in [4.78, 5) is 0. The fourth-order valence-corrected chi connectivity index (χ4v) is 1.62. The van der Waals surface area contributed by atoms with Crippen LogP contribution < -0.4 is 14.8 Å². The van der Waals surface area contributed by atoms with Crippen LogP contribution in [0.1, 0.15) is 25.8 Å². The van der Waals surface area contributed by atoms with Crippen LogP contribution in [0.2, 0.25) is 0 Å². The lowest BCUT2D eigenvalue weighted by atomic mass is 10.1. The first-order valence-corrected chi connectivity index (χ1v) is 6.34. The Hall–Kier alpha value is -1.48. The minimum Gasteiger partial charge on any atom is -0.497 e. The molecule has 1 rings (SSSR count). The molecule has 1 N–H and O–H groups in total. The van der Waals surface area contributed by atoms with Crippen LogP contribution in [-0.4, -0.2) is 26.8 Å². The predicted molar refractivity (Wildman–Crippen MR) is 76.3 cm³/mol. The number of nitrogens with one attached hydrogen (secondary N) is 1. The summed E-state index contributed by atoms with van der Waals surface area (Å²) >= 11 is 0. The number of benzene rings is 1. The fraction of sp³-hybridized carbons (Fsp3) is 0.467. The third-order valence-corrected chi connectivity index (χ3v) is 2.67. The first kappa shape index (κ1) is 14.6. The van der Waals surface area contributed by atoms with Crippen LogP contribution in [0.4, 0.5) is 0 Å². The monoisotopic (exact) mass is 249 g/mol. The Morgan fingerprint density at radius 1 is 1.17 bits per heavy atom. The van der Waals surface area contributed by atoms with Crippen molar-refractivity contribution in [1.82, 2.24) is 5.32 Å². The smallest absolute Gasteiger partial charge is 0.123 e. The molecule has 0 aliphatic heterocycles. The minimum absolute atomic E-state index is 0.363. The number of ether oxygens (including phenoxy) is 2. The molecule has 0 aliphatic rings. The maximum absolute atomic E-state index is 5.24. The van der Waals surface area contributed by atoms with Crippen LogP contribution >= 0.6 is 0 Å². The normalized spacial score (nSPS) is 12.7. The fourth-order valence-electron chi connectivity index (χ4n) is 1.62. The van der Waals surface area contributed by atoms with Gasteiger partial charge < -0.3 is 14.8 Å². The van der Waals surface area contributed by atoms with Crippen molar-refractivity contribution in [3.63, 3.8) is 0 Å². The Labute approximate surface area is 110 Å². The Kier molecular flexibility index (Phi) is 6.29. The van der Waals surface area contributed by atoms with E-state index in [1.54, 1.807) is 14.2 Å². The Morgan fingerprint density at radius 2 is 1.78 bits per heavy atom. The zero-order chi connectivity index (χ0) is 13.4. The molecule has 0 saturated carbocycles. The molecule has 3 heteroatoms. The molecule has 0 fully saturated rings. The maximum atomic E-state index is 5.24. The molecule has 0 aromatic heterocycles. The molecular weight excluding hydrogens is 226 g/mol. The van der Waals surface area contributed by atoms with Crippen molar-refractivity contribution in [2.45, 2.75) is 26.3 Å². The van der Waals surface area contributed by atoms with Gasteiger partial charge >= 0.3 is 0 Å². The van der Waals surface area contributed by atoms with E-state index < -0.39 is 0 Å². The van der Waals surface area contributed by atoms with Gasteiger partial charge in [-0.25, -0.2) is 0 Å². The lowest BCUT2D eigenvalue weighted by Gasteiger charge is -2.09. The third-order valence-electron chi connectivity index (χ3n) is 2.67. The van der Waals surface area contributed by atoms with Crippen LogP contribution in [0.5, 0.6) is 11.5 Å². The molecule has 18 heavy (non-hydrogen) atoms. The van der Waals surface area contributed by atoms with Crippen LogP contribution in [0.15, 0.2) is 24.3 Å². The zero-order valence-electron chi connectivity index (χ0n) is 11.7. The van der Waals surface area contributed by atoms with Crippen molar-refractivity contribution >= 4 is 6.08 Å². The van der Waals surface area contributed by atoms with Crippen molar-refractivity contribution in [3.8, 4) is 11.5 Å². The van der Waals surface area contributed by atoms with Gasteiger partial charge in [-0.2, -0.15) is 0 Å². The summed E-state index contributed by atoms with van der Waals surface area (Å²) in [6, 6.07) is 6.22. The SMILES string of the molecule is CCCNC(C)/C=C/c1cc(OC)cc(OC)c1. The predicted octanol–water partition coefficient (Wildman–Crippen LogP) is 3.11. The van der Waals surface area contributed by atoms with E-state index in [4.69, 9.17) is 9.47 Å². The second-order valence-electron chi connectivity index (χ2n) is 4.25. The molecule has 0 radical (unpaired) electrons. The first-order valence-electron chi connectivity index (χ1n) is 6.34. The standard InChI is InChI=1S/C15H23NO2/c1-5-8-16-12(2)6-7-13-9-14(17-3)11-15(10-13)18-4/h6-7,9-12,16H,5,8H2,1-4H3/b7-6+. The van der Waals surface area contributed by atoms with E-state index in [0.29, 0.717) is 6.04 Å². The molecule has 1 unspecified atom stereocenters. The zero-order valence-corrected chi connectivity index (χ0v) is 11.7. The summed E-state index contributed by atoms with van der Waals surface area (Å²) in [6.45, 7) is 5.34. The second kappa shape index (κ2) is 7.77. The van der Waals surface area contributed by atoms with Gasteiger partial charge in [-0.1, -0.05) is 19.1 Å². The van der Waals surface area contributed by atoms with Crippen molar-refractivity contribution in [3.05, 3.63) is 29.8 Å². The van der Waals surface area contributed by atoms with Gasteiger partial charge in [0.2, 0.25) is 0 Å². The third kappa shape index (κ3) is 4.80. The van der Waals surface area contributed by atoms with Gasteiger partial charge in [-0.3, -0.25) is 0 Å². The minimum atomic E-state index is 0.363. The van der Waals surface area contributed by atoms with E-state index in [1.165, 1.54) is 0 Å². The summed E-state index contributed by atoms with van der Waals surface area (Å²) in [7, 11) is 3.32. The van der Waals surface area contributed by atoms with E-state index in [9.17, 15) is 0 Å². The lowest BCUT2D eigenvalue weighted by molar-refractivity contribution is 0.394. The van der Waals surface area contributed by atoms with Gasteiger partial charge in [-0.05, 0) is 37.6 Å². The summed E-state index contributed by atoms with van der Waals surface area (Å²) in [5, 5.41) is 3.41. The highest BCUT2D eigenvalue weighted by Crippen LogP contribution is 2.23. The van der Waals surface area contributed by atoms with Crippen molar-refractivity contribution < 1.29 is 9.47 Å². The van der Waals surface area contributed by atoms with Crippen molar-refractivity contribution in [2.24, 2.45) is 0 Å². The molecule has 1 atom stereocenters. The molecule has 1 aromatic rings. The molecule has 0 heterocycles. The summed E-state index contributed by atoms with van der Waals surface area (Å²) in [5.41, 5.74) is 1.08. The highest BCUT2D eigenvalue weighted by atomic mass is 16.5. The van der Waals surface area contributed by atoms with Gasteiger partial charge in [0.25, 0.3) is 0 Å². The van der Waals surface area contributed by atoms with Crippen molar-refractivity contribution in [1.29, 1.82) is 0 Å².